The first-order valence-electron chi connectivity index (χ1n) is 8.86. The summed E-state index contributed by atoms with van der Waals surface area (Å²) in [7, 11) is 0. The van der Waals surface area contributed by atoms with Crippen LogP contribution < -0.4 is 0 Å². The van der Waals surface area contributed by atoms with Crippen molar-refractivity contribution in [1.29, 1.82) is 0 Å². The van der Waals surface area contributed by atoms with E-state index in [1.54, 1.807) is 29.7 Å². The first kappa shape index (κ1) is 16.7. The van der Waals surface area contributed by atoms with Gasteiger partial charge in [0, 0.05) is 50.4 Å². The number of aryl methyl sites for hydroxylation is 1. The van der Waals surface area contributed by atoms with Crippen molar-refractivity contribution in [3.63, 3.8) is 0 Å². The predicted octanol–water partition coefficient (Wildman–Crippen LogP) is 1.58. The molecule has 1 saturated carbocycles. The molecule has 0 bridgehead atoms. The highest BCUT2D eigenvalue weighted by molar-refractivity contribution is 5.93. The summed E-state index contributed by atoms with van der Waals surface area (Å²) >= 11 is 0. The number of carbonyl (C=O) groups is 2. The molecule has 2 aliphatic rings. The van der Waals surface area contributed by atoms with Gasteiger partial charge in [-0.05, 0) is 25.3 Å². The van der Waals surface area contributed by atoms with Crippen molar-refractivity contribution in [2.75, 3.05) is 13.1 Å². The third-order valence-electron chi connectivity index (χ3n) is 5.29. The van der Waals surface area contributed by atoms with Crippen LogP contribution in [-0.4, -0.2) is 54.7 Å². The third kappa shape index (κ3) is 2.85. The highest BCUT2D eigenvalue weighted by atomic mass is 16.4. The normalized spacial score (nSPS) is 19.3. The van der Waals surface area contributed by atoms with Gasteiger partial charge in [0.15, 0.2) is 5.54 Å². The average molecular weight is 355 g/mol. The molecule has 0 radical (unpaired) electrons. The van der Waals surface area contributed by atoms with Crippen molar-refractivity contribution in [2.24, 2.45) is 0 Å². The minimum Gasteiger partial charge on any atom is -0.479 e. The molecule has 8 nitrogen and oxygen atoms in total. The van der Waals surface area contributed by atoms with Gasteiger partial charge in [-0.15, -0.1) is 0 Å². The molecular weight excluding hydrogens is 334 g/mol. The van der Waals surface area contributed by atoms with Crippen LogP contribution in [0.3, 0.4) is 0 Å². The number of carbonyl (C=O) groups excluding carboxylic acids is 1. The van der Waals surface area contributed by atoms with Gasteiger partial charge in [-0.1, -0.05) is 0 Å². The molecule has 1 aliphatic heterocycles. The number of nitrogens with zero attached hydrogens (tertiary/aromatic N) is 5. The summed E-state index contributed by atoms with van der Waals surface area (Å²) in [5.41, 5.74) is 0.265. The van der Waals surface area contributed by atoms with Crippen molar-refractivity contribution >= 4 is 11.9 Å². The number of hydrogen-bond donors (Lipinski definition) is 1. The molecule has 136 valence electrons. The van der Waals surface area contributed by atoms with Gasteiger partial charge in [-0.2, -0.15) is 5.10 Å². The van der Waals surface area contributed by atoms with Crippen molar-refractivity contribution in [1.82, 2.24) is 24.6 Å². The second-order valence-electron chi connectivity index (χ2n) is 7.20. The number of rotatable bonds is 4. The Morgan fingerprint density at radius 3 is 2.31 bits per heavy atom. The molecule has 2 aromatic rings. The van der Waals surface area contributed by atoms with Gasteiger partial charge in [0.1, 0.15) is 5.82 Å². The summed E-state index contributed by atoms with van der Waals surface area (Å²) in [4.78, 5) is 34.9. The number of likely N-dealkylation sites (tertiary alicyclic amines) is 1. The Morgan fingerprint density at radius 2 is 1.81 bits per heavy atom. The van der Waals surface area contributed by atoms with E-state index in [9.17, 15) is 14.7 Å². The lowest BCUT2D eigenvalue weighted by atomic mass is 9.87. The van der Waals surface area contributed by atoms with Crippen LogP contribution in [0.5, 0.6) is 0 Å². The maximum absolute atomic E-state index is 12.7. The van der Waals surface area contributed by atoms with Crippen molar-refractivity contribution in [3.8, 4) is 0 Å². The monoisotopic (exact) mass is 355 g/mol. The number of aromatic nitrogens is 4. The van der Waals surface area contributed by atoms with Crippen molar-refractivity contribution < 1.29 is 14.7 Å². The zero-order valence-electron chi connectivity index (χ0n) is 14.6. The van der Waals surface area contributed by atoms with Crippen LogP contribution in [0, 0.1) is 6.92 Å². The number of amides is 1. The van der Waals surface area contributed by atoms with E-state index in [0.29, 0.717) is 37.4 Å². The minimum atomic E-state index is -1.10. The van der Waals surface area contributed by atoms with E-state index >= 15 is 0 Å². The topological polar surface area (TPSA) is 101 Å². The van der Waals surface area contributed by atoms with E-state index in [4.69, 9.17) is 0 Å². The van der Waals surface area contributed by atoms with Gasteiger partial charge in [-0.3, -0.25) is 9.48 Å². The number of piperidine rings is 1. The third-order valence-corrected chi connectivity index (χ3v) is 5.29. The molecule has 2 fully saturated rings. The lowest BCUT2D eigenvalue weighted by molar-refractivity contribution is -0.150. The lowest BCUT2D eigenvalue weighted by Crippen LogP contribution is -2.52. The molecule has 8 heteroatoms. The summed E-state index contributed by atoms with van der Waals surface area (Å²) < 4.78 is 1.53. The highest BCUT2D eigenvalue weighted by Gasteiger charge is 2.45. The van der Waals surface area contributed by atoms with Crippen molar-refractivity contribution in [3.05, 3.63) is 41.7 Å². The SMILES string of the molecule is Cc1cnn(C2(C(=O)O)CCN(C(=O)c3cnc(C4CC4)nc3)CC2)c1. The number of aliphatic carboxylic acids is 1. The molecule has 0 aromatic carbocycles. The number of hydrogen-bond acceptors (Lipinski definition) is 5. The van der Waals surface area contributed by atoms with E-state index in [0.717, 1.165) is 24.2 Å². The van der Waals surface area contributed by atoms with Crippen LogP contribution >= 0.6 is 0 Å². The molecular formula is C18H21N5O3. The van der Waals surface area contributed by atoms with Crippen LogP contribution in [0.25, 0.3) is 0 Å². The number of carboxylic acid groups (broad SMARTS) is 1. The van der Waals surface area contributed by atoms with Crippen LogP contribution in [0.15, 0.2) is 24.8 Å². The Labute approximate surface area is 150 Å². The Morgan fingerprint density at radius 1 is 1.15 bits per heavy atom. The van der Waals surface area contributed by atoms with Gasteiger partial charge >= 0.3 is 5.97 Å². The predicted molar refractivity (Wildman–Crippen MR) is 91.7 cm³/mol. The quantitative estimate of drug-likeness (QED) is 0.893. The molecule has 0 atom stereocenters. The average Bonchev–Trinajstić information content (AvgIpc) is 3.42. The smallest absolute Gasteiger partial charge is 0.331 e. The van der Waals surface area contributed by atoms with Crippen LogP contribution in [0.2, 0.25) is 0 Å². The van der Waals surface area contributed by atoms with E-state index in [-0.39, 0.29) is 5.91 Å². The lowest BCUT2D eigenvalue weighted by Gasteiger charge is -2.38. The Kier molecular flexibility index (Phi) is 3.97. The first-order valence-corrected chi connectivity index (χ1v) is 8.86. The summed E-state index contributed by atoms with van der Waals surface area (Å²) in [5, 5.41) is 14.0. The first-order chi connectivity index (χ1) is 12.5. The van der Waals surface area contributed by atoms with E-state index in [1.165, 1.54) is 4.68 Å². The second-order valence-corrected chi connectivity index (χ2v) is 7.20. The molecule has 0 spiro atoms. The highest BCUT2D eigenvalue weighted by Crippen LogP contribution is 2.37. The molecule has 4 rings (SSSR count). The Hall–Kier alpha value is -2.77. The van der Waals surface area contributed by atoms with Gasteiger partial charge < -0.3 is 10.0 Å². The number of carboxylic acids is 1. The van der Waals surface area contributed by atoms with E-state index in [1.807, 2.05) is 6.92 Å². The fourth-order valence-corrected chi connectivity index (χ4v) is 3.45. The Balaban J connectivity index is 1.48. The van der Waals surface area contributed by atoms with Crippen molar-refractivity contribution in [2.45, 2.75) is 44.1 Å². The molecule has 1 saturated heterocycles. The zero-order chi connectivity index (χ0) is 18.3. The summed E-state index contributed by atoms with van der Waals surface area (Å²) in [6, 6.07) is 0. The standard InChI is InChI=1S/C18H21N5O3/c1-12-8-21-23(11-12)18(17(25)26)4-6-22(7-5-18)16(24)14-9-19-15(20-10-14)13-2-3-13/h8-11,13H,2-7H2,1H3,(H,25,26). The molecule has 1 amide bonds. The van der Waals surface area contributed by atoms with Gasteiger partial charge in [0.05, 0.1) is 11.8 Å². The van der Waals surface area contributed by atoms with E-state index < -0.39 is 11.5 Å². The molecule has 1 aliphatic carbocycles. The maximum atomic E-state index is 12.7. The molecule has 3 heterocycles. The zero-order valence-corrected chi connectivity index (χ0v) is 14.6. The van der Waals surface area contributed by atoms with Gasteiger partial charge in [-0.25, -0.2) is 14.8 Å². The van der Waals surface area contributed by atoms with Gasteiger partial charge in [0.2, 0.25) is 0 Å². The van der Waals surface area contributed by atoms with Crippen LogP contribution in [-0.2, 0) is 10.3 Å². The molecule has 0 unspecified atom stereocenters. The largest absolute Gasteiger partial charge is 0.479 e. The molecule has 1 N–H and O–H groups in total. The maximum Gasteiger partial charge on any atom is 0.331 e. The minimum absolute atomic E-state index is 0.150. The van der Waals surface area contributed by atoms with Gasteiger partial charge in [0.25, 0.3) is 5.91 Å². The Bertz CT molecular complexity index is 833. The summed E-state index contributed by atoms with van der Waals surface area (Å²) in [5.74, 6) is 0.190. The molecule has 26 heavy (non-hydrogen) atoms. The fourth-order valence-electron chi connectivity index (χ4n) is 3.45. The second kappa shape index (κ2) is 6.19. The summed E-state index contributed by atoms with van der Waals surface area (Å²) in [6.07, 6.45) is 9.43. The summed E-state index contributed by atoms with van der Waals surface area (Å²) in [6.45, 7) is 2.59. The van der Waals surface area contributed by atoms with E-state index in [2.05, 4.69) is 15.1 Å². The molecule has 2 aromatic heterocycles. The van der Waals surface area contributed by atoms with Crippen LogP contribution in [0.1, 0.15) is 53.3 Å². The van der Waals surface area contributed by atoms with Crippen LogP contribution in [0.4, 0.5) is 0 Å². The fraction of sp³-hybridized carbons (Fsp3) is 0.500.